The van der Waals surface area contributed by atoms with Crippen LogP contribution in [0.1, 0.15) is 21.6 Å². The molecule has 0 aliphatic carbocycles. The SMILES string of the molecule is Cc1ccc(-c2cccc(F)c2)cc1.Cn1nc(C(F)(F)F)c(C(N)=O)c1-c1cccc(F)c1-c1ccc(F)cc1. The number of hydrogen-bond acceptors (Lipinski definition) is 2. The number of carbonyl (C=O) groups excluding carboxylic acids is 1. The first kappa shape index (κ1) is 29.1. The molecule has 0 radical (unpaired) electrons. The Balaban J connectivity index is 0.000000231. The van der Waals surface area contributed by atoms with Gasteiger partial charge in [0.1, 0.15) is 17.5 Å². The van der Waals surface area contributed by atoms with E-state index < -0.39 is 35.0 Å². The number of benzene rings is 4. The number of halogens is 6. The zero-order valence-electron chi connectivity index (χ0n) is 21.8. The molecule has 0 aliphatic heterocycles. The quantitative estimate of drug-likeness (QED) is 0.224. The molecule has 1 aromatic heterocycles. The average molecular weight is 568 g/mol. The number of amides is 1. The summed E-state index contributed by atoms with van der Waals surface area (Å²) in [5, 5.41) is 3.37. The van der Waals surface area contributed by atoms with E-state index in [-0.39, 0.29) is 28.2 Å². The summed E-state index contributed by atoms with van der Waals surface area (Å²) in [6.45, 7) is 2.04. The molecule has 4 nitrogen and oxygen atoms in total. The minimum absolute atomic E-state index is 0.0269. The Morgan fingerprint density at radius 2 is 1.39 bits per heavy atom. The Bertz CT molecular complexity index is 1690. The smallest absolute Gasteiger partial charge is 0.365 e. The van der Waals surface area contributed by atoms with Crippen molar-refractivity contribution in [1.29, 1.82) is 0 Å². The molecule has 1 amide bonds. The maximum absolute atomic E-state index is 14.6. The van der Waals surface area contributed by atoms with Gasteiger partial charge in [0.25, 0.3) is 5.91 Å². The summed E-state index contributed by atoms with van der Waals surface area (Å²) in [6, 6.07) is 23.2. The molecule has 0 aliphatic rings. The molecule has 1 heterocycles. The number of primary amides is 1. The van der Waals surface area contributed by atoms with Gasteiger partial charge in [-0.25, -0.2) is 13.2 Å². The van der Waals surface area contributed by atoms with Gasteiger partial charge in [-0.15, -0.1) is 0 Å². The van der Waals surface area contributed by atoms with Crippen molar-refractivity contribution in [1.82, 2.24) is 9.78 Å². The maximum Gasteiger partial charge on any atom is 0.435 e. The van der Waals surface area contributed by atoms with E-state index in [1.54, 1.807) is 12.1 Å². The molecule has 41 heavy (non-hydrogen) atoms. The van der Waals surface area contributed by atoms with Gasteiger partial charge in [-0.2, -0.15) is 18.3 Å². The predicted molar refractivity (Wildman–Crippen MR) is 144 cm³/mol. The Morgan fingerprint density at radius 1 is 0.780 bits per heavy atom. The highest BCUT2D eigenvalue weighted by Crippen LogP contribution is 2.40. The minimum atomic E-state index is -4.93. The van der Waals surface area contributed by atoms with Crippen molar-refractivity contribution < 1.29 is 31.1 Å². The van der Waals surface area contributed by atoms with Crippen LogP contribution < -0.4 is 5.73 Å². The number of hydrogen-bond donors (Lipinski definition) is 1. The number of nitrogens with two attached hydrogens (primary N) is 1. The van der Waals surface area contributed by atoms with Crippen molar-refractivity contribution in [3.8, 4) is 33.5 Å². The van der Waals surface area contributed by atoms with Crippen LogP contribution in [-0.2, 0) is 13.2 Å². The van der Waals surface area contributed by atoms with E-state index in [2.05, 4.69) is 5.10 Å². The highest BCUT2D eigenvalue weighted by Gasteiger charge is 2.41. The van der Waals surface area contributed by atoms with Crippen LogP contribution in [0.2, 0.25) is 0 Å². The van der Waals surface area contributed by atoms with Crippen molar-refractivity contribution in [2.24, 2.45) is 12.8 Å². The summed E-state index contributed by atoms with van der Waals surface area (Å²) < 4.78 is 81.3. The third kappa shape index (κ3) is 6.49. The van der Waals surface area contributed by atoms with Crippen LogP contribution in [0.5, 0.6) is 0 Å². The number of alkyl halides is 3. The number of aromatic nitrogens is 2. The van der Waals surface area contributed by atoms with Crippen LogP contribution in [-0.4, -0.2) is 15.7 Å². The van der Waals surface area contributed by atoms with Crippen LogP contribution >= 0.6 is 0 Å². The van der Waals surface area contributed by atoms with Gasteiger partial charge in [-0.3, -0.25) is 9.48 Å². The van der Waals surface area contributed by atoms with Gasteiger partial charge >= 0.3 is 6.18 Å². The summed E-state index contributed by atoms with van der Waals surface area (Å²) in [5.74, 6) is -2.86. The molecular formula is C31H23F6N3O. The maximum atomic E-state index is 14.6. The van der Waals surface area contributed by atoms with Crippen LogP contribution in [0.3, 0.4) is 0 Å². The second kappa shape index (κ2) is 11.7. The Hall–Kier alpha value is -4.86. The first-order chi connectivity index (χ1) is 19.4. The predicted octanol–water partition coefficient (Wildman–Crippen LogP) is 7.95. The summed E-state index contributed by atoms with van der Waals surface area (Å²) in [4.78, 5) is 11.8. The lowest BCUT2D eigenvalue weighted by atomic mass is 9.94. The van der Waals surface area contributed by atoms with E-state index in [4.69, 9.17) is 5.73 Å². The summed E-state index contributed by atoms with van der Waals surface area (Å²) >= 11 is 0. The summed E-state index contributed by atoms with van der Waals surface area (Å²) in [6.07, 6.45) is -4.93. The van der Waals surface area contributed by atoms with Crippen LogP contribution in [0.25, 0.3) is 33.5 Å². The van der Waals surface area contributed by atoms with Crippen molar-refractivity contribution in [2.45, 2.75) is 13.1 Å². The molecule has 0 spiro atoms. The number of rotatable bonds is 4. The van der Waals surface area contributed by atoms with Crippen molar-refractivity contribution in [3.05, 3.63) is 125 Å². The lowest BCUT2D eigenvalue weighted by molar-refractivity contribution is -0.141. The molecule has 0 bridgehead atoms. The molecule has 2 N–H and O–H groups in total. The van der Waals surface area contributed by atoms with E-state index in [0.717, 1.165) is 34.0 Å². The first-order valence-corrected chi connectivity index (χ1v) is 12.2. The fourth-order valence-corrected chi connectivity index (χ4v) is 4.31. The third-order valence-electron chi connectivity index (χ3n) is 6.17. The zero-order valence-corrected chi connectivity index (χ0v) is 21.8. The van der Waals surface area contributed by atoms with Gasteiger partial charge in [0.2, 0.25) is 0 Å². The zero-order chi connectivity index (χ0) is 29.9. The number of nitrogens with zero attached hydrogens (tertiary/aromatic N) is 2. The Labute approximate surface area is 231 Å². The fourth-order valence-electron chi connectivity index (χ4n) is 4.31. The standard InChI is InChI=1S/C18H12F5N3O.C13H11F/c1-26-15(14(17(24)27)16(25-26)18(21,22)23)11-3-2-4-12(20)13(11)9-5-7-10(19)8-6-9;1-10-5-7-11(8-6-10)12-3-2-4-13(14)9-12/h2-8H,1H3,(H2,24,27);2-9H,1H3. The van der Waals surface area contributed by atoms with E-state index in [1.807, 2.05) is 37.3 Å². The number of aryl methyl sites for hydroxylation is 2. The highest BCUT2D eigenvalue weighted by atomic mass is 19.4. The van der Waals surface area contributed by atoms with Crippen molar-refractivity contribution in [3.63, 3.8) is 0 Å². The van der Waals surface area contributed by atoms with Crippen molar-refractivity contribution >= 4 is 5.91 Å². The highest BCUT2D eigenvalue weighted by molar-refractivity contribution is 6.02. The van der Waals surface area contributed by atoms with Gasteiger partial charge in [-0.05, 0) is 53.9 Å². The van der Waals surface area contributed by atoms with Crippen LogP contribution in [0.4, 0.5) is 26.3 Å². The molecule has 0 saturated carbocycles. The molecule has 10 heteroatoms. The molecule has 0 atom stereocenters. The molecule has 210 valence electrons. The van der Waals surface area contributed by atoms with Gasteiger partial charge < -0.3 is 5.73 Å². The Morgan fingerprint density at radius 3 is 1.98 bits per heavy atom. The van der Waals surface area contributed by atoms with E-state index in [9.17, 15) is 31.1 Å². The monoisotopic (exact) mass is 567 g/mol. The molecular weight excluding hydrogens is 544 g/mol. The minimum Gasteiger partial charge on any atom is -0.365 e. The topological polar surface area (TPSA) is 60.9 Å². The molecule has 0 saturated heterocycles. The second-order valence-electron chi connectivity index (χ2n) is 9.10. The molecule has 5 rings (SSSR count). The second-order valence-corrected chi connectivity index (χ2v) is 9.10. The van der Waals surface area contributed by atoms with Gasteiger partial charge in [0.15, 0.2) is 5.69 Å². The first-order valence-electron chi connectivity index (χ1n) is 12.2. The molecule has 0 fully saturated rings. The normalized spacial score (nSPS) is 11.1. The van der Waals surface area contributed by atoms with Crippen LogP contribution in [0, 0.1) is 24.4 Å². The largest absolute Gasteiger partial charge is 0.435 e. The fraction of sp³-hybridized carbons (Fsp3) is 0.0968. The average Bonchev–Trinajstić information content (AvgIpc) is 3.28. The summed E-state index contributed by atoms with van der Waals surface area (Å²) in [7, 11) is 1.19. The van der Waals surface area contributed by atoms with Crippen molar-refractivity contribution in [2.75, 3.05) is 0 Å². The summed E-state index contributed by atoms with van der Waals surface area (Å²) in [5.41, 5.74) is 5.85. The molecule has 0 unspecified atom stereocenters. The van der Waals surface area contributed by atoms with Gasteiger partial charge in [-0.1, -0.05) is 66.2 Å². The molecule has 5 aromatic rings. The lowest BCUT2D eigenvalue weighted by Crippen LogP contribution is -2.18. The van der Waals surface area contributed by atoms with E-state index in [1.165, 1.54) is 42.9 Å². The van der Waals surface area contributed by atoms with E-state index >= 15 is 0 Å². The van der Waals surface area contributed by atoms with Crippen LogP contribution in [0.15, 0.2) is 91.0 Å². The third-order valence-corrected chi connectivity index (χ3v) is 6.17. The molecule has 4 aromatic carbocycles. The van der Waals surface area contributed by atoms with E-state index in [0.29, 0.717) is 0 Å². The lowest BCUT2D eigenvalue weighted by Gasteiger charge is -2.13. The Kier molecular flexibility index (Phi) is 8.32. The number of carbonyl (C=O) groups is 1. The van der Waals surface area contributed by atoms with Gasteiger partial charge in [0.05, 0.1) is 11.3 Å². The van der Waals surface area contributed by atoms with Gasteiger partial charge in [0, 0.05) is 18.2 Å².